The van der Waals surface area contributed by atoms with Crippen LogP contribution < -0.4 is 10.6 Å². The van der Waals surface area contributed by atoms with Gasteiger partial charge in [0.15, 0.2) is 0 Å². The maximum Gasteiger partial charge on any atom is 0.249 e. The van der Waals surface area contributed by atoms with E-state index in [4.69, 9.17) is 9.47 Å². The first-order valence-corrected chi connectivity index (χ1v) is 7.06. The van der Waals surface area contributed by atoms with Crippen molar-refractivity contribution in [2.45, 2.75) is 44.3 Å². The van der Waals surface area contributed by atoms with Gasteiger partial charge in [0.1, 0.15) is 12.2 Å². The van der Waals surface area contributed by atoms with Crippen molar-refractivity contribution in [3.63, 3.8) is 0 Å². The van der Waals surface area contributed by atoms with Gasteiger partial charge in [-0.05, 0) is 32.1 Å². The summed E-state index contributed by atoms with van der Waals surface area (Å²) in [4.78, 5) is 23.2. The Morgan fingerprint density at radius 3 is 1.74 bits per heavy atom. The number of carbonyl (C=O) groups excluding carboxylic acids is 2. The van der Waals surface area contributed by atoms with Gasteiger partial charge < -0.3 is 20.1 Å². The highest BCUT2D eigenvalue weighted by Crippen LogP contribution is 2.12. The molecule has 2 amide bonds. The molecular formula is C13H22N2O4. The van der Waals surface area contributed by atoms with Crippen molar-refractivity contribution in [1.82, 2.24) is 10.6 Å². The van der Waals surface area contributed by atoms with Crippen molar-refractivity contribution in [2.75, 3.05) is 26.3 Å². The SMILES string of the molecule is O=C(NCCCNC(=O)C1CCCO1)C1CCCO1. The first-order chi connectivity index (χ1) is 9.27. The Kier molecular flexibility index (Phi) is 5.60. The van der Waals surface area contributed by atoms with E-state index in [1.165, 1.54) is 0 Å². The Morgan fingerprint density at radius 2 is 1.37 bits per heavy atom. The molecule has 2 aliphatic rings. The fourth-order valence-electron chi connectivity index (χ4n) is 2.31. The van der Waals surface area contributed by atoms with Crippen molar-refractivity contribution >= 4 is 11.8 Å². The number of amides is 2. The van der Waals surface area contributed by atoms with E-state index in [-0.39, 0.29) is 24.0 Å². The predicted molar refractivity (Wildman–Crippen MR) is 68.6 cm³/mol. The van der Waals surface area contributed by atoms with E-state index in [1.54, 1.807) is 0 Å². The van der Waals surface area contributed by atoms with E-state index >= 15 is 0 Å². The van der Waals surface area contributed by atoms with Crippen LogP contribution in [0.4, 0.5) is 0 Å². The maximum atomic E-state index is 11.6. The molecule has 2 atom stereocenters. The van der Waals surface area contributed by atoms with Gasteiger partial charge in [-0.1, -0.05) is 0 Å². The zero-order valence-corrected chi connectivity index (χ0v) is 11.2. The van der Waals surface area contributed by atoms with Crippen LogP contribution in [-0.2, 0) is 19.1 Å². The summed E-state index contributed by atoms with van der Waals surface area (Å²) in [5.74, 6) is -0.0779. The van der Waals surface area contributed by atoms with Crippen LogP contribution in [0.1, 0.15) is 32.1 Å². The lowest BCUT2D eigenvalue weighted by Crippen LogP contribution is -2.38. The highest BCUT2D eigenvalue weighted by molar-refractivity contribution is 5.81. The zero-order chi connectivity index (χ0) is 13.5. The molecule has 0 radical (unpaired) electrons. The predicted octanol–water partition coefficient (Wildman–Crippen LogP) is -0.0331. The van der Waals surface area contributed by atoms with Gasteiger partial charge in [-0.15, -0.1) is 0 Å². The van der Waals surface area contributed by atoms with Crippen LogP contribution in [0.25, 0.3) is 0 Å². The summed E-state index contributed by atoms with van der Waals surface area (Å²) >= 11 is 0. The van der Waals surface area contributed by atoms with E-state index in [9.17, 15) is 9.59 Å². The molecule has 0 spiro atoms. The lowest BCUT2D eigenvalue weighted by molar-refractivity contribution is -0.130. The molecule has 0 aromatic heterocycles. The minimum atomic E-state index is -0.276. The van der Waals surface area contributed by atoms with Crippen LogP contribution in [0.5, 0.6) is 0 Å². The molecule has 6 heteroatoms. The maximum absolute atomic E-state index is 11.6. The lowest BCUT2D eigenvalue weighted by Gasteiger charge is -2.12. The topological polar surface area (TPSA) is 76.7 Å². The van der Waals surface area contributed by atoms with Gasteiger partial charge in [0, 0.05) is 26.3 Å². The van der Waals surface area contributed by atoms with Crippen LogP contribution in [0.3, 0.4) is 0 Å². The summed E-state index contributed by atoms with van der Waals surface area (Å²) in [5.41, 5.74) is 0. The number of rotatable bonds is 6. The molecule has 0 aliphatic carbocycles. The van der Waals surface area contributed by atoms with Gasteiger partial charge >= 0.3 is 0 Å². The molecule has 0 saturated carbocycles. The second-order valence-corrected chi connectivity index (χ2v) is 4.94. The average Bonchev–Trinajstić information content (AvgIpc) is 3.10. The van der Waals surface area contributed by atoms with Crippen molar-refractivity contribution in [1.29, 1.82) is 0 Å². The van der Waals surface area contributed by atoms with Gasteiger partial charge in [-0.25, -0.2) is 0 Å². The number of hydrogen-bond donors (Lipinski definition) is 2. The molecule has 2 fully saturated rings. The Morgan fingerprint density at radius 1 is 0.895 bits per heavy atom. The van der Waals surface area contributed by atoms with Gasteiger partial charge in [0.2, 0.25) is 11.8 Å². The fourth-order valence-corrected chi connectivity index (χ4v) is 2.31. The van der Waals surface area contributed by atoms with Crippen LogP contribution >= 0.6 is 0 Å². The highest BCUT2D eigenvalue weighted by Gasteiger charge is 2.24. The summed E-state index contributed by atoms with van der Waals surface area (Å²) < 4.78 is 10.6. The third-order valence-corrected chi connectivity index (χ3v) is 3.40. The molecule has 19 heavy (non-hydrogen) atoms. The first kappa shape index (κ1) is 14.3. The zero-order valence-electron chi connectivity index (χ0n) is 11.2. The molecular weight excluding hydrogens is 248 g/mol. The van der Waals surface area contributed by atoms with Crippen LogP contribution in [-0.4, -0.2) is 50.3 Å². The Balaban J connectivity index is 1.49. The quantitative estimate of drug-likeness (QED) is 0.664. The van der Waals surface area contributed by atoms with Crippen molar-refractivity contribution < 1.29 is 19.1 Å². The highest BCUT2D eigenvalue weighted by atomic mass is 16.5. The standard InChI is InChI=1S/C13H22N2O4/c16-12(10-4-1-8-18-10)14-6-3-7-15-13(17)11-5-2-9-19-11/h10-11H,1-9H2,(H,14,16)(H,15,17). The van der Waals surface area contributed by atoms with Gasteiger partial charge in [0.05, 0.1) is 0 Å². The molecule has 108 valence electrons. The van der Waals surface area contributed by atoms with E-state index in [2.05, 4.69) is 10.6 Å². The van der Waals surface area contributed by atoms with Crippen LogP contribution in [0, 0.1) is 0 Å². The molecule has 2 rings (SSSR count). The minimum Gasteiger partial charge on any atom is -0.368 e. The van der Waals surface area contributed by atoms with Gasteiger partial charge in [-0.3, -0.25) is 9.59 Å². The number of ether oxygens (including phenoxy) is 2. The Bertz CT molecular complexity index is 280. The minimum absolute atomic E-state index is 0.0389. The second kappa shape index (κ2) is 7.45. The smallest absolute Gasteiger partial charge is 0.249 e. The fraction of sp³-hybridized carbons (Fsp3) is 0.846. The number of hydrogen-bond acceptors (Lipinski definition) is 4. The molecule has 2 N–H and O–H groups in total. The molecule has 0 aromatic rings. The number of nitrogens with one attached hydrogen (secondary N) is 2. The monoisotopic (exact) mass is 270 g/mol. The van der Waals surface area contributed by atoms with E-state index in [1.807, 2.05) is 0 Å². The second-order valence-electron chi connectivity index (χ2n) is 4.94. The third kappa shape index (κ3) is 4.47. The van der Waals surface area contributed by atoms with Crippen molar-refractivity contribution in [3.8, 4) is 0 Å². The summed E-state index contributed by atoms with van der Waals surface area (Å²) in [7, 11) is 0. The molecule has 2 heterocycles. The summed E-state index contributed by atoms with van der Waals surface area (Å²) in [6.45, 7) is 2.47. The largest absolute Gasteiger partial charge is 0.368 e. The average molecular weight is 270 g/mol. The summed E-state index contributed by atoms with van der Waals surface area (Å²) in [5, 5.41) is 5.64. The lowest BCUT2D eigenvalue weighted by atomic mass is 10.2. The summed E-state index contributed by atoms with van der Waals surface area (Å²) in [6.07, 6.45) is 3.69. The van der Waals surface area contributed by atoms with Gasteiger partial charge in [0.25, 0.3) is 0 Å². The molecule has 2 aliphatic heterocycles. The molecule has 0 aromatic carbocycles. The van der Waals surface area contributed by atoms with E-state index in [0.717, 1.165) is 32.1 Å². The van der Waals surface area contributed by atoms with Crippen molar-refractivity contribution in [3.05, 3.63) is 0 Å². The Labute approximate surface area is 113 Å². The molecule has 2 unspecified atom stereocenters. The molecule has 2 saturated heterocycles. The first-order valence-electron chi connectivity index (χ1n) is 7.06. The molecule has 6 nitrogen and oxygen atoms in total. The molecule has 0 bridgehead atoms. The van der Waals surface area contributed by atoms with E-state index < -0.39 is 0 Å². The summed E-state index contributed by atoms with van der Waals surface area (Å²) in [6, 6.07) is 0. The van der Waals surface area contributed by atoms with Crippen LogP contribution in [0.15, 0.2) is 0 Å². The van der Waals surface area contributed by atoms with Gasteiger partial charge in [-0.2, -0.15) is 0 Å². The number of carbonyl (C=O) groups is 2. The van der Waals surface area contributed by atoms with Crippen molar-refractivity contribution in [2.24, 2.45) is 0 Å². The Hall–Kier alpha value is -1.14. The third-order valence-electron chi connectivity index (χ3n) is 3.40. The van der Waals surface area contributed by atoms with E-state index in [0.29, 0.717) is 26.3 Å². The normalized spacial score (nSPS) is 26.3. The van der Waals surface area contributed by atoms with Crippen LogP contribution in [0.2, 0.25) is 0 Å².